The van der Waals surface area contributed by atoms with Crippen molar-refractivity contribution in [3.63, 3.8) is 0 Å². The summed E-state index contributed by atoms with van der Waals surface area (Å²) in [4.78, 5) is 24.2. The van der Waals surface area contributed by atoms with Gasteiger partial charge in [-0.2, -0.15) is 0 Å². The van der Waals surface area contributed by atoms with Crippen molar-refractivity contribution >= 4 is 11.9 Å². The maximum atomic E-state index is 11.1. The maximum absolute atomic E-state index is 11.1. The van der Waals surface area contributed by atoms with E-state index in [4.69, 9.17) is 5.11 Å². The number of hydrogen-bond acceptors (Lipinski definition) is 4. The highest BCUT2D eigenvalue weighted by Crippen LogP contribution is 2.15. The van der Waals surface area contributed by atoms with E-state index in [1.807, 2.05) is 7.05 Å². The predicted molar refractivity (Wildman–Crippen MR) is 68.3 cm³/mol. The zero-order valence-corrected chi connectivity index (χ0v) is 11.1. The van der Waals surface area contributed by atoms with E-state index in [9.17, 15) is 9.59 Å². The largest absolute Gasteiger partial charge is 0.480 e. The summed E-state index contributed by atoms with van der Waals surface area (Å²) < 4.78 is 0. The Bertz CT molecular complexity index is 294. The van der Waals surface area contributed by atoms with Gasteiger partial charge >= 0.3 is 5.97 Å². The van der Waals surface area contributed by atoms with Gasteiger partial charge in [-0.05, 0) is 38.9 Å². The number of carboxylic acid groups (broad SMARTS) is 1. The molecule has 1 aliphatic rings. The molecule has 0 radical (unpaired) electrons. The second-order valence-electron chi connectivity index (χ2n) is 4.92. The van der Waals surface area contributed by atoms with Crippen molar-refractivity contribution < 1.29 is 14.7 Å². The summed E-state index contributed by atoms with van der Waals surface area (Å²) in [5.41, 5.74) is 0. The van der Waals surface area contributed by atoms with Crippen LogP contribution >= 0.6 is 0 Å². The van der Waals surface area contributed by atoms with E-state index in [0.717, 1.165) is 26.1 Å². The van der Waals surface area contributed by atoms with Crippen LogP contribution in [0.3, 0.4) is 0 Å². The Hall–Kier alpha value is -1.14. The average Bonchev–Trinajstić information content (AvgIpc) is 2.28. The monoisotopic (exact) mass is 257 g/mol. The number of nitrogens with one attached hydrogen (secondary N) is 2. The van der Waals surface area contributed by atoms with Gasteiger partial charge in [0, 0.05) is 20.0 Å². The van der Waals surface area contributed by atoms with Gasteiger partial charge in [0.15, 0.2) is 0 Å². The van der Waals surface area contributed by atoms with E-state index in [2.05, 4.69) is 15.5 Å². The molecule has 1 saturated heterocycles. The molecule has 0 bridgehead atoms. The minimum Gasteiger partial charge on any atom is -0.480 e. The molecule has 0 aromatic carbocycles. The van der Waals surface area contributed by atoms with Crippen molar-refractivity contribution in [2.75, 3.05) is 33.2 Å². The minimum atomic E-state index is -0.971. The number of nitrogens with zero attached hydrogens (tertiary/aromatic N) is 1. The number of aliphatic carboxylic acids is 1. The molecular weight excluding hydrogens is 234 g/mol. The second-order valence-corrected chi connectivity index (χ2v) is 4.92. The van der Waals surface area contributed by atoms with Gasteiger partial charge in [0.05, 0.1) is 0 Å². The van der Waals surface area contributed by atoms with E-state index in [1.54, 1.807) is 0 Å². The van der Waals surface area contributed by atoms with Crippen molar-refractivity contribution in [2.45, 2.75) is 25.8 Å². The molecule has 0 spiro atoms. The molecule has 1 heterocycles. The molecule has 18 heavy (non-hydrogen) atoms. The van der Waals surface area contributed by atoms with Crippen molar-refractivity contribution in [2.24, 2.45) is 5.92 Å². The van der Waals surface area contributed by atoms with Crippen LogP contribution in [0.5, 0.6) is 0 Å². The first kappa shape index (κ1) is 14.9. The topological polar surface area (TPSA) is 81.7 Å². The quantitative estimate of drug-likeness (QED) is 0.598. The van der Waals surface area contributed by atoms with Crippen molar-refractivity contribution in [3.8, 4) is 0 Å². The Kier molecular flexibility index (Phi) is 6.07. The zero-order valence-electron chi connectivity index (χ0n) is 11.1. The van der Waals surface area contributed by atoms with Crippen LogP contribution < -0.4 is 10.6 Å². The summed E-state index contributed by atoms with van der Waals surface area (Å²) in [6.45, 7) is 4.48. The molecule has 1 amide bonds. The van der Waals surface area contributed by atoms with Crippen LogP contribution in [0.25, 0.3) is 0 Å². The molecule has 0 aromatic heterocycles. The first-order valence-electron chi connectivity index (χ1n) is 6.39. The highest BCUT2D eigenvalue weighted by molar-refractivity contribution is 5.82. The standard InChI is InChI=1S/C12H23N3O3/c1-9(16)14-11(12(17)18)8-15-5-3-4-10(7-15)6-13-2/h10-11,13H,3-8H2,1-2H3,(H,14,16)(H,17,18). The van der Waals surface area contributed by atoms with Gasteiger partial charge in [-0.25, -0.2) is 4.79 Å². The van der Waals surface area contributed by atoms with Gasteiger partial charge in [0.25, 0.3) is 0 Å². The summed E-state index contributed by atoms with van der Waals surface area (Å²) in [6.07, 6.45) is 2.26. The highest BCUT2D eigenvalue weighted by Gasteiger charge is 2.25. The fourth-order valence-corrected chi connectivity index (χ4v) is 2.46. The van der Waals surface area contributed by atoms with Crippen LogP contribution in [0.1, 0.15) is 19.8 Å². The van der Waals surface area contributed by atoms with Gasteiger partial charge < -0.3 is 20.6 Å². The van der Waals surface area contributed by atoms with Crippen LogP contribution in [-0.2, 0) is 9.59 Å². The Morgan fingerprint density at radius 1 is 1.50 bits per heavy atom. The number of carboxylic acids is 1. The predicted octanol–water partition coefficient (Wildman–Crippen LogP) is -0.493. The van der Waals surface area contributed by atoms with Crippen LogP contribution in [0.2, 0.25) is 0 Å². The number of carbonyl (C=O) groups is 2. The number of hydrogen-bond donors (Lipinski definition) is 3. The van der Waals surface area contributed by atoms with Gasteiger partial charge in [0.2, 0.25) is 5.91 Å². The molecule has 0 saturated carbocycles. The molecule has 6 nitrogen and oxygen atoms in total. The minimum absolute atomic E-state index is 0.300. The van der Waals surface area contributed by atoms with Gasteiger partial charge in [-0.15, -0.1) is 0 Å². The first-order chi connectivity index (χ1) is 8.52. The molecule has 1 rings (SSSR count). The van der Waals surface area contributed by atoms with Crippen LogP contribution in [-0.4, -0.2) is 61.2 Å². The van der Waals surface area contributed by atoms with E-state index in [-0.39, 0.29) is 5.91 Å². The molecular formula is C12H23N3O3. The Labute approximate surface area is 108 Å². The molecule has 6 heteroatoms. The number of carbonyl (C=O) groups excluding carboxylic acids is 1. The van der Waals surface area contributed by atoms with Crippen LogP contribution in [0, 0.1) is 5.92 Å². The Morgan fingerprint density at radius 2 is 2.22 bits per heavy atom. The summed E-state index contributed by atoms with van der Waals surface area (Å²) in [5.74, 6) is -0.706. The van der Waals surface area contributed by atoms with E-state index in [0.29, 0.717) is 12.5 Å². The smallest absolute Gasteiger partial charge is 0.327 e. The van der Waals surface area contributed by atoms with E-state index in [1.165, 1.54) is 13.3 Å². The number of rotatable bonds is 6. The summed E-state index contributed by atoms with van der Waals surface area (Å²) in [6, 6.07) is -0.809. The Morgan fingerprint density at radius 3 is 2.78 bits per heavy atom. The third-order valence-electron chi connectivity index (χ3n) is 3.21. The lowest BCUT2D eigenvalue weighted by Crippen LogP contribution is -2.50. The fraction of sp³-hybridized carbons (Fsp3) is 0.833. The summed E-state index contributed by atoms with van der Waals surface area (Å²) in [7, 11) is 1.93. The van der Waals surface area contributed by atoms with Crippen LogP contribution in [0.15, 0.2) is 0 Å². The van der Waals surface area contributed by atoms with E-state index >= 15 is 0 Å². The maximum Gasteiger partial charge on any atom is 0.327 e. The van der Waals surface area contributed by atoms with Crippen LogP contribution in [0.4, 0.5) is 0 Å². The molecule has 3 N–H and O–H groups in total. The van der Waals surface area contributed by atoms with Gasteiger partial charge in [0.1, 0.15) is 6.04 Å². The first-order valence-corrected chi connectivity index (χ1v) is 6.39. The summed E-state index contributed by atoms with van der Waals surface area (Å²) >= 11 is 0. The SMILES string of the molecule is CNCC1CCCN(CC(NC(C)=O)C(=O)O)C1. The molecule has 0 aromatic rings. The molecule has 2 unspecified atom stereocenters. The lowest BCUT2D eigenvalue weighted by Gasteiger charge is -2.34. The van der Waals surface area contributed by atoms with E-state index < -0.39 is 12.0 Å². The fourth-order valence-electron chi connectivity index (χ4n) is 2.46. The zero-order chi connectivity index (χ0) is 13.5. The lowest BCUT2D eigenvalue weighted by molar-refractivity contribution is -0.142. The Balaban J connectivity index is 2.47. The van der Waals surface area contributed by atoms with Crippen molar-refractivity contribution in [3.05, 3.63) is 0 Å². The second kappa shape index (κ2) is 7.33. The number of amides is 1. The summed E-state index contributed by atoms with van der Waals surface area (Å²) in [5, 5.41) is 14.7. The third kappa shape index (κ3) is 5.01. The molecule has 0 aliphatic carbocycles. The van der Waals surface area contributed by atoms with Crippen molar-refractivity contribution in [1.29, 1.82) is 0 Å². The normalized spacial score (nSPS) is 22.4. The van der Waals surface area contributed by atoms with Gasteiger partial charge in [-0.1, -0.05) is 0 Å². The van der Waals surface area contributed by atoms with Gasteiger partial charge in [-0.3, -0.25) is 4.79 Å². The number of likely N-dealkylation sites (tertiary alicyclic amines) is 1. The lowest BCUT2D eigenvalue weighted by atomic mass is 9.97. The average molecular weight is 257 g/mol. The molecule has 104 valence electrons. The molecule has 1 fully saturated rings. The molecule has 2 atom stereocenters. The molecule has 1 aliphatic heterocycles. The highest BCUT2D eigenvalue weighted by atomic mass is 16.4. The third-order valence-corrected chi connectivity index (χ3v) is 3.21. The number of piperidine rings is 1. The van der Waals surface area contributed by atoms with Crippen molar-refractivity contribution in [1.82, 2.24) is 15.5 Å².